The summed E-state index contributed by atoms with van der Waals surface area (Å²) < 4.78 is 31.9. The molecule has 9 heteroatoms. The Morgan fingerprint density at radius 3 is 2.82 bits per heavy atom. The first-order chi connectivity index (χ1) is 13.5. The molecule has 3 rings (SSSR count). The molecular weight excluding hydrogens is 388 g/mol. The summed E-state index contributed by atoms with van der Waals surface area (Å²) in [6, 6.07) is 8.17. The molecule has 1 heterocycles. The number of esters is 1. The average Bonchev–Trinajstić information content (AvgIpc) is 3.10. The summed E-state index contributed by atoms with van der Waals surface area (Å²) in [5.74, 6) is -0.796. The quantitative estimate of drug-likeness (QED) is 0.462. The molecule has 146 valence electrons. The topological polar surface area (TPSA) is 84.1 Å². The Labute approximate surface area is 163 Å². The van der Waals surface area contributed by atoms with Gasteiger partial charge in [-0.25, -0.2) is 13.8 Å². The van der Waals surface area contributed by atoms with Crippen LogP contribution in [0.25, 0.3) is 22.4 Å². The molecule has 0 atom stereocenters. The first-order valence-corrected chi connectivity index (χ1v) is 9.51. The Morgan fingerprint density at radius 2 is 2.04 bits per heavy atom. The fourth-order valence-corrected chi connectivity index (χ4v) is 3.26. The number of amides is 1. The maximum absolute atomic E-state index is 13.9. The van der Waals surface area contributed by atoms with Crippen molar-refractivity contribution in [1.29, 1.82) is 0 Å². The smallest absolute Gasteiger partial charge is 0.315 e. The first-order valence-electron chi connectivity index (χ1n) is 8.36. The van der Waals surface area contributed by atoms with Gasteiger partial charge < -0.3 is 15.0 Å². The van der Waals surface area contributed by atoms with Crippen molar-refractivity contribution in [3.05, 3.63) is 48.0 Å². The molecule has 1 amide bonds. The average molecular weight is 405 g/mol. The van der Waals surface area contributed by atoms with Gasteiger partial charge in [-0.15, -0.1) is 11.8 Å². The molecule has 0 radical (unpaired) electrons. The largest absolute Gasteiger partial charge is 0.468 e. The van der Waals surface area contributed by atoms with E-state index < -0.39 is 11.6 Å². The van der Waals surface area contributed by atoms with Crippen LogP contribution < -0.4 is 5.32 Å². The number of hydrogen-bond acceptors (Lipinski definition) is 5. The number of halogens is 2. The lowest BCUT2D eigenvalue weighted by molar-refractivity contribution is -0.137. The van der Waals surface area contributed by atoms with Gasteiger partial charge in [-0.05, 0) is 36.4 Å². The van der Waals surface area contributed by atoms with Crippen molar-refractivity contribution in [2.24, 2.45) is 0 Å². The van der Waals surface area contributed by atoms with Crippen molar-refractivity contribution in [2.45, 2.75) is 6.42 Å². The van der Waals surface area contributed by atoms with Crippen LogP contribution in [0.1, 0.15) is 6.42 Å². The lowest BCUT2D eigenvalue weighted by atomic mass is 10.2. The number of methoxy groups -OCH3 is 1. The van der Waals surface area contributed by atoms with Crippen LogP contribution in [0.4, 0.5) is 14.5 Å². The second-order valence-electron chi connectivity index (χ2n) is 5.87. The summed E-state index contributed by atoms with van der Waals surface area (Å²) in [7, 11) is 1.31. The number of aromatic amines is 1. The third kappa shape index (κ3) is 4.86. The van der Waals surface area contributed by atoms with E-state index in [1.165, 1.54) is 18.9 Å². The van der Waals surface area contributed by atoms with E-state index in [1.54, 1.807) is 18.2 Å². The van der Waals surface area contributed by atoms with Crippen LogP contribution in [0.15, 0.2) is 36.4 Å². The predicted molar refractivity (Wildman–Crippen MR) is 104 cm³/mol. The van der Waals surface area contributed by atoms with Gasteiger partial charge in [0, 0.05) is 17.9 Å². The van der Waals surface area contributed by atoms with Crippen molar-refractivity contribution in [2.75, 3.05) is 23.9 Å². The Balaban J connectivity index is 1.66. The zero-order valence-corrected chi connectivity index (χ0v) is 15.7. The number of fused-ring (bicyclic) bond motifs is 1. The molecule has 0 aliphatic carbocycles. The highest BCUT2D eigenvalue weighted by molar-refractivity contribution is 7.99. The van der Waals surface area contributed by atoms with Crippen molar-refractivity contribution < 1.29 is 23.1 Å². The molecule has 0 spiro atoms. The number of rotatable bonds is 7. The minimum atomic E-state index is -0.585. The summed E-state index contributed by atoms with van der Waals surface area (Å²) in [5.41, 5.74) is 1.72. The van der Waals surface area contributed by atoms with Gasteiger partial charge >= 0.3 is 5.97 Å². The summed E-state index contributed by atoms with van der Waals surface area (Å²) in [6.45, 7) is 0. The molecule has 0 saturated carbocycles. The van der Waals surface area contributed by atoms with Crippen molar-refractivity contribution >= 4 is 40.4 Å². The maximum atomic E-state index is 13.9. The number of anilines is 1. The van der Waals surface area contributed by atoms with Gasteiger partial charge in [0.25, 0.3) is 0 Å². The van der Waals surface area contributed by atoms with E-state index in [2.05, 4.69) is 20.0 Å². The van der Waals surface area contributed by atoms with E-state index in [0.29, 0.717) is 22.5 Å². The number of nitrogens with zero attached hydrogens (tertiary/aromatic N) is 1. The molecule has 0 unspecified atom stereocenters. The Kier molecular flexibility index (Phi) is 6.25. The van der Waals surface area contributed by atoms with Crippen LogP contribution in [0, 0.1) is 11.6 Å². The predicted octanol–water partition coefficient (Wildman–Crippen LogP) is 3.74. The van der Waals surface area contributed by atoms with Crippen molar-refractivity contribution in [1.82, 2.24) is 9.97 Å². The lowest BCUT2D eigenvalue weighted by Crippen LogP contribution is -2.13. The van der Waals surface area contributed by atoms with Gasteiger partial charge in [0.2, 0.25) is 5.91 Å². The molecule has 0 bridgehead atoms. The van der Waals surface area contributed by atoms with Crippen LogP contribution >= 0.6 is 11.8 Å². The summed E-state index contributed by atoms with van der Waals surface area (Å²) in [5, 5.41) is 2.76. The highest BCUT2D eigenvalue weighted by Crippen LogP contribution is 2.25. The second-order valence-corrected chi connectivity index (χ2v) is 6.97. The van der Waals surface area contributed by atoms with Crippen LogP contribution in [0.5, 0.6) is 0 Å². The highest BCUT2D eigenvalue weighted by Gasteiger charge is 2.12. The van der Waals surface area contributed by atoms with E-state index in [1.807, 2.05) is 0 Å². The number of benzene rings is 2. The molecule has 0 saturated heterocycles. The Hall–Kier alpha value is -2.94. The Morgan fingerprint density at radius 1 is 1.21 bits per heavy atom. The minimum Gasteiger partial charge on any atom is -0.468 e. The SMILES string of the molecule is COC(=O)CSCCC(=O)Nc1ccc2nc(-c3cc(F)ccc3F)[nH]c2c1. The number of ether oxygens (including phenoxy) is 1. The van der Waals surface area contributed by atoms with Crippen LogP contribution in [0.3, 0.4) is 0 Å². The number of carbonyl (C=O) groups excluding carboxylic acids is 2. The zero-order chi connectivity index (χ0) is 20.1. The number of aromatic nitrogens is 2. The van der Waals surface area contributed by atoms with Crippen molar-refractivity contribution in [3.8, 4) is 11.4 Å². The monoisotopic (exact) mass is 405 g/mol. The van der Waals surface area contributed by atoms with Gasteiger partial charge in [0.15, 0.2) is 0 Å². The third-order valence-corrected chi connectivity index (χ3v) is 4.80. The molecular formula is C19H17F2N3O3S. The molecule has 0 aliphatic heterocycles. The maximum Gasteiger partial charge on any atom is 0.315 e. The summed E-state index contributed by atoms with van der Waals surface area (Å²) >= 11 is 1.31. The van der Waals surface area contributed by atoms with E-state index in [0.717, 1.165) is 18.2 Å². The molecule has 6 nitrogen and oxygen atoms in total. The molecule has 28 heavy (non-hydrogen) atoms. The number of carbonyl (C=O) groups is 2. The van der Waals surface area contributed by atoms with Crippen LogP contribution in [0.2, 0.25) is 0 Å². The number of H-pyrrole nitrogens is 1. The molecule has 0 aliphatic rings. The van der Waals surface area contributed by atoms with Gasteiger partial charge in [-0.1, -0.05) is 0 Å². The van der Waals surface area contributed by atoms with Crippen molar-refractivity contribution in [3.63, 3.8) is 0 Å². The minimum absolute atomic E-state index is 0.0319. The Bertz CT molecular complexity index is 1020. The van der Waals surface area contributed by atoms with Gasteiger partial charge in [0.05, 0.1) is 29.5 Å². The normalized spacial score (nSPS) is 10.8. The van der Waals surface area contributed by atoms with E-state index >= 15 is 0 Å². The standard InChI is InChI=1S/C19H17F2N3O3S/c1-27-18(26)10-28-7-6-17(25)22-12-3-5-15-16(9-12)24-19(23-15)13-8-11(20)2-4-14(13)21/h2-5,8-9H,6-7,10H2,1H3,(H,22,25)(H,23,24). The second kappa shape index (κ2) is 8.83. The molecule has 2 N–H and O–H groups in total. The first kappa shape index (κ1) is 19.8. The number of hydrogen-bond donors (Lipinski definition) is 2. The van der Waals surface area contributed by atoms with Crippen LogP contribution in [-0.4, -0.2) is 40.5 Å². The molecule has 1 aromatic heterocycles. The van der Waals surface area contributed by atoms with E-state index in [-0.39, 0.29) is 35.4 Å². The van der Waals surface area contributed by atoms with E-state index in [9.17, 15) is 18.4 Å². The molecule has 2 aromatic carbocycles. The molecule has 3 aromatic rings. The van der Waals surface area contributed by atoms with Gasteiger partial charge in [0.1, 0.15) is 17.5 Å². The van der Waals surface area contributed by atoms with Gasteiger partial charge in [-0.2, -0.15) is 0 Å². The van der Waals surface area contributed by atoms with Gasteiger partial charge in [-0.3, -0.25) is 9.59 Å². The zero-order valence-electron chi connectivity index (χ0n) is 14.9. The fourth-order valence-electron chi connectivity index (χ4n) is 2.50. The molecule has 0 fully saturated rings. The van der Waals surface area contributed by atoms with E-state index in [4.69, 9.17) is 0 Å². The number of thioether (sulfide) groups is 1. The van der Waals surface area contributed by atoms with Crippen LogP contribution in [-0.2, 0) is 14.3 Å². The lowest BCUT2D eigenvalue weighted by Gasteiger charge is -2.05. The summed E-state index contributed by atoms with van der Waals surface area (Å²) in [6.07, 6.45) is 0.239. The third-order valence-electron chi connectivity index (χ3n) is 3.87. The number of imidazole rings is 1. The highest BCUT2D eigenvalue weighted by atomic mass is 32.2. The fraction of sp³-hybridized carbons (Fsp3) is 0.211. The number of nitrogens with one attached hydrogen (secondary N) is 2. The summed E-state index contributed by atoms with van der Waals surface area (Å²) in [4.78, 5) is 30.2.